The first kappa shape index (κ1) is 13.7. The quantitative estimate of drug-likeness (QED) is 0.461. The van der Waals surface area contributed by atoms with Crippen molar-refractivity contribution in [3.63, 3.8) is 0 Å². The fraction of sp³-hybridized carbons (Fsp3) is 0.846. The third kappa shape index (κ3) is 8.31. The number of allylic oxidation sites excluding steroid dienone is 1. The van der Waals surface area contributed by atoms with Gasteiger partial charge in [0.15, 0.2) is 0 Å². The highest BCUT2D eigenvalue weighted by Gasteiger charge is 1.95. The van der Waals surface area contributed by atoms with Crippen LogP contribution in [0.2, 0.25) is 0 Å². The van der Waals surface area contributed by atoms with E-state index in [1.165, 1.54) is 25.7 Å². The molecular weight excluding hydrogens is 170 g/mol. The largest absolute Gasteiger partial charge is 0.313 e. The van der Waals surface area contributed by atoms with Crippen molar-refractivity contribution in [2.45, 2.75) is 53.4 Å². The molecule has 0 aromatic carbocycles. The van der Waals surface area contributed by atoms with Gasteiger partial charge in [0.1, 0.15) is 0 Å². The van der Waals surface area contributed by atoms with Gasteiger partial charge in [-0.3, -0.25) is 0 Å². The molecule has 0 saturated heterocycles. The van der Waals surface area contributed by atoms with Gasteiger partial charge in [0.05, 0.1) is 0 Å². The van der Waals surface area contributed by atoms with Gasteiger partial charge in [0.25, 0.3) is 0 Å². The minimum Gasteiger partial charge on any atom is -0.313 e. The van der Waals surface area contributed by atoms with E-state index in [1.54, 1.807) is 5.57 Å². The van der Waals surface area contributed by atoms with Crippen molar-refractivity contribution >= 4 is 0 Å². The Morgan fingerprint density at radius 2 is 2.00 bits per heavy atom. The van der Waals surface area contributed by atoms with Crippen LogP contribution in [0.5, 0.6) is 0 Å². The number of rotatable bonds is 8. The molecule has 0 unspecified atom stereocenters. The molecule has 0 aliphatic carbocycles. The maximum atomic E-state index is 3.51. The second-order valence-corrected chi connectivity index (χ2v) is 4.36. The monoisotopic (exact) mass is 197 g/mol. The average Bonchev–Trinajstić information content (AvgIpc) is 2.16. The zero-order chi connectivity index (χ0) is 10.8. The zero-order valence-electron chi connectivity index (χ0n) is 10.4. The molecule has 1 heteroatoms. The van der Waals surface area contributed by atoms with E-state index in [-0.39, 0.29) is 0 Å². The van der Waals surface area contributed by atoms with Gasteiger partial charge < -0.3 is 5.32 Å². The molecule has 0 rings (SSSR count). The Bertz CT molecular complexity index is 147. The van der Waals surface area contributed by atoms with Crippen molar-refractivity contribution in [2.75, 3.05) is 13.1 Å². The molecule has 14 heavy (non-hydrogen) atoms. The molecule has 1 nitrogen and oxygen atoms in total. The second-order valence-electron chi connectivity index (χ2n) is 4.36. The minimum atomic E-state index is 0.812. The molecule has 0 heterocycles. The summed E-state index contributed by atoms with van der Waals surface area (Å²) in [6.45, 7) is 11.3. The predicted octanol–water partition coefficient (Wildman–Crippen LogP) is 3.76. The highest BCUT2D eigenvalue weighted by atomic mass is 14.8. The molecule has 0 aliphatic rings. The summed E-state index contributed by atoms with van der Waals surface area (Å²) in [6.07, 6.45) is 7.35. The molecule has 0 aromatic rings. The smallest absolute Gasteiger partial charge is 0.0164 e. The van der Waals surface area contributed by atoms with Crippen molar-refractivity contribution in [1.82, 2.24) is 5.32 Å². The van der Waals surface area contributed by atoms with Crippen LogP contribution in [-0.4, -0.2) is 13.1 Å². The first-order valence-corrected chi connectivity index (χ1v) is 6.09. The summed E-state index contributed by atoms with van der Waals surface area (Å²) in [4.78, 5) is 0. The fourth-order valence-electron chi connectivity index (χ4n) is 1.33. The molecule has 0 atom stereocenters. The second kappa shape index (κ2) is 9.26. The molecule has 0 aromatic heterocycles. The molecule has 0 fully saturated rings. The van der Waals surface area contributed by atoms with Gasteiger partial charge in [0, 0.05) is 6.54 Å². The average molecular weight is 197 g/mol. The molecule has 0 amide bonds. The lowest BCUT2D eigenvalue weighted by molar-refractivity contribution is 0.547. The van der Waals surface area contributed by atoms with E-state index in [0.29, 0.717) is 0 Å². The lowest BCUT2D eigenvalue weighted by Crippen LogP contribution is -2.19. The summed E-state index contributed by atoms with van der Waals surface area (Å²) < 4.78 is 0. The summed E-state index contributed by atoms with van der Waals surface area (Å²) in [5.41, 5.74) is 1.57. The lowest BCUT2D eigenvalue weighted by atomic mass is 10.1. The van der Waals surface area contributed by atoms with Gasteiger partial charge in [-0.15, -0.1) is 0 Å². The lowest BCUT2D eigenvalue weighted by Gasteiger charge is -2.08. The predicted molar refractivity (Wildman–Crippen MR) is 65.6 cm³/mol. The molecule has 0 radical (unpaired) electrons. The van der Waals surface area contributed by atoms with Gasteiger partial charge in [-0.2, -0.15) is 0 Å². The number of hydrogen-bond acceptors (Lipinski definition) is 1. The van der Waals surface area contributed by atoms with E-state index >= 15 is 0 Å². The first-order chi connectivity index (χ1) is 6.70. The Balaban J connectivity index is 3.52. The van der Waals surface area contributed by atoms with Crippen LogP contribution in [0.1, 0.15) is 53.4 Å². The van der Waals surface area contributed by atoms with Crippen LogP contribution in [0.4, 0.5) is 0 Å². The zero-order valence-corrected chi connectivity index (χ0v) is 10.4. The fourth-order valence-corrected chi connectivity index (χ4v) is 1.33. The van der Waals surface area contributed by atoms with E-state index in [9.17, 15) is 0 Å². The molecule has 0 bridgehead atoms. The van der Waals surface area contributed by atoms with E-state index in [2.05, 4.69) is 39.1 Å². The Kier molecular flexibility index (Phi) is 9.06. The number of unbranched alkanes of at least 4 members (excludes halogenated alkanes) is 1. The van der Waals surface area contributed by atoms with Crippen molar-refractivity contribution in [3.05, 3.63) is 11.6 Å². The third-order valence-corrected chi connectivity index (χ3v) is 2.43. The van der Waals surface area contributed by atoms with Crippen LogP contribution in [0, 0.1) is 5.92 Å². The topological polar surface area (TPSA) is 12.0 Å². The Morgan fingerprint density at radius 1 is 1.29 bits per heavy atom. The van der Waals surface area contributed by atoms with Crippen LogP contribution in [0.3, 0.4) is 0 Å². The highest BCUT2D eigenvalue weighted by Crippen LogP contribution is 2.03. The van der Waals surface area contributed by atoms with E-state index in [4.69, 9.17) is 0 Å². The number of nitrogens with one attached hydrogen (secondary N) is 1. The van der Waals surface area contributed by atoms with Gasteiger partial charge in [-0.1, -0.05) is 45.8 Å². The normalized spacial score (nSPS) is 12.5. The summed E-state index contributed by atoms with van der Waals surface area (Å²) in [5, 5.41) is 3.51. The third-order valence-electron chi connectivity index (χ3n) is 2.43. The van der Waals surface area contributed by atoms with Gasteiger partial charge >= 0.3 is 0 Å². The van der Waals surface area contributed by atoms with Crippen molar-refractivity contribution < 1.29 is 0 Å². The van der Waals surface area contributed by atoms with Crippen molar-refractivity contribution in [2.24, 2.45) is 5.92 Å². The molecular formula is C13H27N. The number of hydrogen-bond donors (Lipinski definition) is 1. The maximum absolute atomic E-state index is 3.51. The van der Waals surface area contributed by atoms with Crippen LogP contribution in [0.25, 0.3) is 0 Å². The van der Waals surface area contributed by atoms with Gasteiger partial charge in [-0.25, -0.2) is 0 Å². The highest BCUT2D eigenvalue weighted by molar-refractivity contribution is 5.03. The van der Waals surface area contributed by atoms with E-state index < -0.39 is 0 Å². The molecule has 0 saturated carbocycles. The first-order valence-electron chi connectivity index (χ1n) is 6.09. The summed E-state index contributed by atoms with van der Waals surface area (Å²) in [6, 6.07) is 0. The summed E-state index contributed by atoms with van der Waals surface area (Å²) in [5.74, 6) is 0.812. The maximum Gasteiger partial charge on any atom is 0.0164 e. The van der Waals surface area contributed by atoms with Crippen LogP contribution in [0.15, 0.2) is 11.6 Å². The van der Waals surface area contributed by atoms with Gasteiger partial charge in [0.2, 0.25) is 0 Å². The Labute approximate surface area is 90.0 Å². The van der Waals surface area contributed by atoms with E-state index in [0.717, 1.165) is 19.0 Å². The Hall–Kier alpha value is -0.300. The summed E-state index contributed by atoms with van der Waals surface area (Å²) in [7, 11) is 0. The summed E-state index contributed by atoms with van der Waals surface area (Å²) >= 11 is 0. The van der Waals surface area contributed by atoms with Crippen LogP contribution in [-0.2, 0) is 0 Å². The molecule has 84 valence electrons. The molecule has 1 N–H and O–H groups in total. The van der Waals surface area contributed by atoms with Crippen molar-refractivity contribution in [3.8, 4) is 0 Å². The van der Waals surface area contributed by atoms with Crippen molar-refractivity contribution in [1.29, 1.82) is 0 Å². The molecule has 0 aliphatic heterocycles. The standard InChI is InChI=1S/C13H27N/c1-5-7-8-13(6-2)11-14-10-9-12(3)4/h8,12,14H,5-7,9-11H2,1-4H3. The Morgan fingerprint density at radius 3 is 2.50 bits per heavy atom. The SMILES string of the molecule is CCCC=C(CC)CNCCC(C)C. The van der Waals surface area contributed by atoms with E-state index in [1.807, 2.05) is 0 Å². The van der Waals surface area contributed by atoms with Gasteiger partial charge in [-0.05, 0) is 31.7 Å². The molecule has 0 spiro atoms. The van der Waals surface area contributed by atoms with Crippen LogP contribution < -0.4 is 5.32 Å². The minimum absolute atomic E-state index is 0.812. The van der Waals surface area contributed by atoms with Crippen LogP contribution >= 0.6 is 0 Å².